The third-order valence-corrected chi connectivity index (χ3v) is 4.53. The smallest absolute Gasteiger partial charge is 0.305 e. The van der Waals surface area contributed by atoms with E-state index < -0.39 is 12.0 Å². The monoisotopic (exact) mass is 389 g/mol. The standard InChI is InChI=1S/C24H23NO4/c1-2-29-21-14-12-19(13-15-21)22(16-23(26)27)25-24(28)20-10-8-18(9-11-20)17-6-4-3-5-7-17/h3-15,22H,2,16H2,1H3,(H,25,28)(H,26,27)/t22-/m0/s1. The molecule has 0 aliphatic rings. The third-order valence-electron chi connectivity index (χ3n) is 4.53. The summed E-state index contributed by atoms with van der Waals surface area (Å²) in [7, 11) is 0. The number of rotatable bonds is 8. The lowest BCUT2D eigenvalue weighted by Crippen LogP contribution is -2.30. The number of amides is 1. The molecule has 0 unspecified atom stereocenters. The number of benzene rings is 3. The summed E-state index contributed by atoms with van der Waals surface area (Å²) in [5.74, 6) is -0.596. The highest BCUT2D eigenvalue weighted by atomic mass is 16.5. The van der Waals surface area contributed by atoms with Crippen LogP contribution in [0.3, 0.4) is 0 Å². The van der Waals surface area contributed by atoms with Gasteiger partial charge in [0.2, 0.25) is 0 Å². The molecular formula is C24H23NO4. The van der Waals surface area contributed by atoms with Crippen LogP contribution in [0.25, 0.3) is 11.1 Å². The first-order valence-electron chi connectivity index (χ1n) is 9.47. The fourth-order valence-corrected chi connectivity index (χ4v) is 3.08. The molecule has 0 saturated heterocycles. The fourth-order valence-electron chi connectivity index (χ4n) is 3.08. The molecule has 0 radical (unpaired) electrons. The van der Waals surface area contributed by atoms with E-state index >= 15 is 0 Å². The zero-order valence-electron chi connectivity index (χ0n) is 16.2. The van der Waals surface area contributed by atoms with Gasteiger partial charge in [-0.1, -0.05) is 54.6 Å². The molecule has 0 bridgehead atoms. The second-order valence-corrected chi connectivity index (χ2v) is 6.57. The lowest BCUT2D eigenvalue weighted by Gasteiger charge is -2.18. The molecule has 0 heterocycles. The van der Waals surface area contributed by atoms with Crippen LogP contribution in [0.4, 0.5) is 0 Å². The van der Waals surface area contributed by atoms with E-state index in [9.17, 15) is 14.7 Å². The molecule has 1 amide bonds. The summed E-state index contributed by atoms with van der Waals surface area (Å²) in [5, 5.41) is 12.1. The van der Waals surface area contributed by atoms with Gasteiger partial charge in [-0.05, 0) is 47.9 Å². The summed E-state index contributed by atoms with van der Waals surface area (Å²) in [4.78, 5) is 24.0. The van der Waals surface area contributed by atoms with E-state index in [0.29, 0.717) is 23.5 Å². The Bertz CT molecular complexity index is 950. The maximum absolute atomic E-state index is 12.7. The summed E-state index contributed by atoms with van der Waals surface area (Å²) in [6, 6.07) is 23.6. The normalized spacial score (nSPS) is 11.5. The van der Waals surface area contributed by atoms with Crippen molar-refractivity contribution in [1.29, 1.82) is 0 Å². The number of hydrogen-bond donors (Lipinski definition) is 2. The van der Waals surface area contributed by atoms with Gasteiger partial charge < -0.3 is 15.2 Å². The second-order valence-electron chi connectivity index (χ2n) is 6.57. The van der Waals surface area contributed by atoms with Crippen LogP contribution >= 0.6 is 0 Å². The molecule has 3 aromatic rings. The topological polar surface area (TPSA) is 75.6 Å². The van der Waals surface area contributed by atoms with Crippen LogP contribution in [0.15, 0.2) is 78.9 Å². The van der Waals surface area contributed by atoms with Crippen molar-refractivity contribution >= 4 is 11.9 Å². The molecule has 3 rings (SSSR count). The molecule has 5 heteroatoms. The van der Waals surface area contributed by atoms with Crippen molar-refractivity contribution < 1.29 is 19.4 Å². The van der Waals surface area contributed by atoms with E-state index in [0.717, 1.165) is 11.1 Å². The van der Waals surface area contributed by atoms with Gasteiger partial charge in [0.25, 0.3) is 5.91 Å². The highest BCUT2D eigenvalue weighted by Crippen LogP contribution is 2.22. The molecule has 148 valence electrons. The van der Waals surface area contributed by atoms with Crippen molar-refractivity contribution in [3.63, 3.8) is 0 Å². The number of carbonyl (C=O) groups is 2. The Morgan fingerprint density at radius 1 is 0.897 bits per heavy atom. The fraction of sp³-hybridized carbons (Fsp3) is 0.167. The molecule has 0 fully saturated rings. The van der Waals surface area contributed by atoms with Gasteiger partial charge in [0, 0.05) is 5.56 Å². The van der Waals surface area contributed by atoms with Crippen LogP contribution in [0.2, 0.25) is 0 Å². The number of hydrogen-bond acceptors (Lipinski definition) is 3. The number of carboxylic acids is 1. The lowest BCUT2D eigenvalue weighted by atomic mass is 10.0. The Balaban J connectivity index is 1.75. The summed E-state index contributed by atoms with van der Waals surface area (Å²) in [6.45, 7) is 2.44. The maximum atomic E-state index is 12.7. The van der Waals surface area contributed by atoms with Gasteiger partial charge in [0.15, 0.2) is 0 Å². The van der Waals surface area contributed by atoms with Crippen LogP contribution in [0, 0.1) is 0 Å². The predicted molar refractivity (Wildman–Crippen MR) is 112 cm³/mol. The summed E-state index contributed by atoms with van der Waals surface area (Å²) in [6.07, 6.45) is -0.207. The van der Waals surface area contributed by atoms with Crippen LogP contribution in [0.5, 0.6) is 5.75 Å². The van der Waals surface area contributed by atoms with Gasteiger partial charge in [-0.25, -0.2) is 0 Å². The first-order chi connectivity index (χ1) is 14.1. The highest BCUT2D eigenvalue weighted by molar-refractivity contribution is 5.95. The minimum Gasteiger partial charge on any atom is -0.494 e. The van der Waals surface area contributed by atoms with Gasteiger partial charge in [-0.15, -0.1) is 0 Å². The Kier molecular flexibility index (Phi) is 6.63. The number of nitrogens with one attached hydrogen (secondary N) is 1. The van der Waals surface area contributed by atoms with E-state index in [4.69, 9.17) is 4.74 Å². The van der Waals surface area contributed by atoms with E-state index in [-0.39, 0.29) is 12.3 Å². The van der Waals surface area contributed by atoms with Gasteiger partial charge in [-0.2, -0.15) is 0 Å². The van der Waals surface area contributed by atoms with Crippen LogP contribution in [-0.2, 0) is 4.79 Å². The zero-order chi connectivity index (χ0) is 20.6. The highest BCUT2D eigenvalue weighted by Gasteiger charge is 2.19. The predicted octanol–water partition coefficient (Wildman–Crippen LogP) is 4.70. The first-order valence-corrected chi connectivity index (χ1v) is 9.47. The van der Waals surface area contributed by atoms with Gasteiger partial charge in [0.05, 0.1) is 19.1 Å². The maximum Gasteiger partial charge on any atom is 0.305 e. The molecular weight excluding hydrogens is 366 g/mol. The average molecular weight is 389 g/mol. The number of ether oxygens (including phenoxy) is 1. The Hall–Kier alpha value is -3.60. The van der Waals surface area contributed by atoms with Crippen molar-refractivity contribution in [2.24, 2.45) is 0 Å². The second kappa shape index (κ2) is 9.55. The molecule has 29 heavy (non-hydrogen) atoms. The van der Waals surface area contributed by atoms with Gasteiger partial charge in [0.1, 0.15) is 5.75 Å². The van der Waals surface area contributed by atoms with Gasteiger partial charge >= 0.3 is 5.97 Å². The number of aliphatic carboxylic acids is 1. The summed E-state index contributed by atoms with van der Waals surface area (Å²) in [5.41, 5.74) is 3.27. The quantitative estimate of drug-likeness (QED) is 0.586. The molecule has 0 saturated carbocycles. The largest absolute Gasteiger partial charge is 0.494 e. The average Bonchev–Trinajstić information content (AvgIpc) is 2.74. The Morgan fingerprint density at radius 2 is 1.52 bits per heavy atom. The molecule has 5 nitrogen and oxygen atoms in total. The SMILES string of the molecule is CCOc1ccc([C@H](CC(=O)O)NC(=O)c2ccc(-c3ccccc3)cc2)cc1. The minimum atomic E-state index is -0.983. The molecule has 3 aromatic carbocycles. The van der Waals surface area contributed by atoms with E-state index in [1.807, 2.05) is 49.4 Å². The van der Waals surface area contributed by atoms with Crippen molar-refractivity contribution in [3.8, 4) is 16.9 Å². The zero-order valence-corrected chi connectivity index (χ0v) is 16.2. The summed E-state index contributed by atoms with van der Waals surface area (Å²) < 4.78 is 5.42. The summed E-state index contributed by atoms with van der Waals surface area (Å²) >= 11 is 0. The van der Waals surface area contributed by atoms with Crippen molar-refractivity contribution in [1.82, 2.24) is 5.32 Å². The van der Waals surface area contributed by atoms with Crippen LogP contribution in [-0.4, -0.2) is 23.6 Å². The molecule has 0 aliphatic heterocycles. The van der Waals surface area contributed by atoms with E-state index in [1.54, 1.807) is 36.4 Å². The Labute approximate surface area is 170 Å². The first kappa shape index (κ1) is 20.1. The molecule has 2 N–H and O–H groups in total. The van der Waals surface area contributed by atoms with Crippen molar-refractivity contribution in [2.45, 2.75) is 19.4 Å². The van der Waals surface area contributed by atoms with E-state index in [1.165, 1.54) is 0 Å². The lowest BCUT2D eigenvalue weighted by molar-refractivity contribution is -0.137. The van der Waals surface area contributed by atoms with Crippen LogP contribution < -0.4 is 10.1 Å². The molecule has 0 spiro atoms. The molecule has 0 aromatic heterocycles. The third kappa shape index (κ3) is 5.45. The van der Waals surface area contributed by atoms with E-state index in [2.05, 4.69) is 5.32 Å². The Morgan fingerprint density at radius 3 is 2.10 bits per heavy atom. The number of carbonyl (C=O) groups excluding carboxylic acids is 1. The molecule has 0 aliphatic carbocycles. The molecule has 1 atom stereocenters. The van der Waals surface area contributed by atoms with Crippen molar-refractivity contribution in [3.05, 3.63) is 90.0 Å². The van der Waals surface area contributed by atoms with Crippen molar-refractivity contribution in [2.75, 3.05) is 6.61 Å². The van der Waals surface area contributed by atoms with Crippen LogP contribution in [0.1, 0.15) is 35.3 Å². The minimum absolute atomic E-state index is 0.207. The van der Waals surface area contributed by atoms with Gasteiger partial charge in [-0.3, -0.25) is 9.59 Å². The number of carboxylic acid groups (broad SMARTS) is 1.